The second-order valence-corrected chi connectivity index (χ2v) is 14.5. The molecule has 1 unspecified atom stereocenters. The Bertz CT molecular complexity index is 1820. The summed E-state index contributed by atoms with van der Waals surface area (Å²) in [6.07, 6.45) is -2.91. The van der Waals surface area contributed by atoms with Crippen LogP contribution in [0.15, 0.2) is 41.8 Å². The van der Waals surface area contributed by atoms with Gasteiger partial charge in [-0.1, -0.05) is 42.4 Å². The number of rotatable bonds is 11. The van der Waals surface area contributed by atoms with Crippen molar-refractivity contribution >= 4 is 52.5 Å². The molecule has 4 rings (SSSR count). The van der Waals surface area contributed by atoms with Crippen molar-refractivity contribution in [1.29, 1.82) is 0 Å². The van der Waals surface area contributed by atoms with Crippen LogP contribution >= 0.6 is 11.6 Å². The van der Waals surface area contributed by atoms with E-state index < -0.39 is 65.0 Å². The fraction of sp³-hybridized carbons (Fsp3) is 0.559. The molecule has 0 bridgehead atoms. The van der Waals surface area contributed by atoms with E-state index in [0.29, 0.717) is 10.5 Å². The largest absolute Gasteiger partial charge is 0.463 e. The summed E-state index contributed by atoms with van der Waals surface area (Å²) in [6.45, 7) is 14.1. The average Bonchev–Trinajstić information content (AvgIpc) is 3.58. The molecule has 1 fully saturated rings. The highest BCUT2D eigenvalue weighted by molar-refractivity contribution is 6.29. The molecule has 5 atom stereocenters. The Balaban J connectivity index is 1.75. The third-order valence-electron chi connectivity index (χ3n) is 7.89. The molecule has 0 spiro atoms. The Morgan fingerprint density at radius 2 is 1.65 bits per heavy atom. The van der Waals surface area contributed by atoms with Crippen molar-refractivity contribution in [3.8, 4) is 0 Å². The van der Waals surface area contributed by atoms with E-state index in [1.807, 2.05) is 6.07 Å². The quantitative estimate of drug-likeness (QED) is 0.0391. The van der Waals surface area contributed by atoms with Crippen LogP contribution < -0.4 is 4.90 Å². The number of nitrogens with zero attached hydrogens (tertiary/aromatic N) is 8. The lowest BCUT2D eigenvalue weighted by molar-refractivity contribution is -0.182. The van der Waals surface area contributed by atoms with Gasteiger partial charge in [0.1, 0.15) is 17.4 Å². The van der Waals surface area contributed by atoms with Gasteiger partial charge >= 0.3 is 18.2 Å². The lowest BCUT2D eigenvalue weighted by Crippen LogP contribution is -2.52. The number of hydrogen-bond acceptors (Lipinski definition) is 13. The fourth-order valence-electron chi connectivity index (χ4n) is 5.49. The summed E-state index contributed by atoms with van der Waals surface area (Å²) in [5, 5.41) is 3.62. The Morgan fingerprint density at radius 1 is 1.04 bits per heavy atom. The molecule has 1 saturated heterocycles. The standard InChI is InChI=1S/C34H43ClN8O9/c1-10-48-28(45)34(20(3)44,16-21-14-12-11-13-15-21)49-17-22-19(2)23(40-41-36)27(50-22)42-18-37-24-25(42)38-29(35)39-26(24)43(30(46)51-32(4,5)6)31(47)52-33(7,8)9/h11-15,18-19,22-23,27H,10,16-17H2,1-9H3/t19-,22-,23+,27-,34?/m1/s1. The average molecular weight is 743 g/mol. The Morgan fingerprint density at radius 3 is 2.19 bits per heavy atom. The number of esters is 1. The van der Waals surface area contributed by atoms with Gasteiger partial charge in [0.25, 0.3) is 0 Å². The summed E-state index contributed by atoms with van der Waals surface area (Å²) in [5.74, 6) is -2.29. The van der Waals surface area contributed by atoms with Crippen LogP contribution in [0.4, 0.5) is 15.4 Å². The molecule has 2 amide bonds. The summed E-state index contributed by atoms with van der Waals surface area (Å²) < 4.78 is 30.3. The molecule has 1 aromatic carbocycles. The van der Waals surface area contributed by atoms with Gasteiger partial charge in [-0.25, -0.2) is 19.4 Å². The van der Waals surface area contributed by atoms with Crippen molar-refractivity contribution in [2.24, 2.45) is 11.0 Å². The molecular formula is C34H43ClN8O9. The minimum Gasteiger partial charge on any atom is -0.463 e. The maximum absolute atomic E-state index is 13.4. The summed E-state index contributed by atoms with van der Waals surface area (Å²) in [7, 11) is 0. The van der Waals surface area contributed by atoms with E-state index >= 15 is 0 Å². The van der Waals surface area contributed by atoms with Gasteiger partial charge in [-0.15, -0.1) is 0 Å². The maximum Gasteiger partial charge on any atom is 0.425 e. The van der Waals surface area contributed by atoms with E-state index in [0.717, 1.165) is 0 Å². The van der Waals surface area contributed by atoms with Crippen LogP contribution in [-0.4, -0.2) is 85.6 Å². The first-order chi connectivity index (χ1) is 24.3. The molecule has 1 aliphatic heterocycles. The normalized spacial score (nSPS) is 20.0. The van der Waals surface area contributed by atoms with E-state index in [1.54, 1.807) is 79.7 Å². The molecule has 17 nitrogen and oxygen atoms in total. The number of hydrogen-bond donors (Lipinski definition) is 0. The zero-order valence-corrected chi connectivity index (χ0v) is 31.3. The molecule has 1 aliphatic rings. The first kappa shape index (κ1) is 39.9. The number of carbonyl (C=O) groups is 4. The Labute approximate surface area is 305 Å². The highest BCUT2D eigenvalue weighted by atomic mass is 35.5. The molecule has 0 aliphatic carbocycles. The van der Waals surface area contributed by atoms with Gasteiger partial charge < -0.3 is 23.7 Å². The number of ether oxygens (including phenoxy) is 5. The Kier molecular flexibility index (Phi) is 12.2. The van der Waals surface area contributed by atoms with Gasteiger partial charge in [-0.05, 0) is 84.0 Å². The van der Waals surface area contributed by atoms with Crippen molar-refractivity contribution in [3.63, 3.8) is 0 Å². The molecule has 0 radical (unpaired) electrons. The number of imide groups is 1. The molecule has 280 valence electrons. The number of aromatic nitrogens is 4. The van der Waals surface area contributed by atoms with E-state index in [-0.39, 0.29) is 41.9 Å². The topological polar surface area (TPSA) is 210 Å². The zero-order chi connectivity index (χ0) is 38.6. The second kappa shape index (κ2) is 15.8. The SMILES string of the molecule is CCOC(=O)C(Cc1ccccc1)(OC[C@H]1O[C@@H](n2cnc3c(N(C(=O)OC(C)(C)C)C(=O)OC(C)(C)C)nc(Cl)nc32)[C@@H](N=[N+]=[N-])[C@@H]1C)C(C)=O. The van der Waals surface area contributed by atoms with E-state index in [2.05, 4.69) is 25.0 Å². The molecule has 2 aromatic heterocycles. The number of amides is 2. The van der Waals surface area contributed by atoms with Crippen LogP contribution in [0.3, 0.4) is 0 Å². The zero-order valence-electron chi connectivity index (χ0n) is 30.5. The van der Waals surface area contributed by atoms with Crippen LogP contribution in [-0.2, 0) is 39.7 Å². The number of fused-ring (bicyclic) bond motifs is 1. The van der Waals surface area contributed by atoms with Crippen LogP contribution in [0, 0.1) is 5.92 Å². The molecule has 3 aromatic rings. The highest BCUT2D eigenvalue weighted by Crippen LogP contribution is 2.40. The molecular weight excluding hydrogens is 700 g/mol. The van der Waals surface area contributed by atoms with Crippen LogP contribution in [0.5, 0.6) is 0 Å². The van der Waals surface area contributed by atoms with Crippen LogP contribution in [0.25, 0.3) is 21.6 Å². The fourth-order valence-corrected chi connectivity index (χ4v) is 5.65. The molecule has 52 heavy (non-hydrogen) atoms. The summed E-state index contributed by atoms with van der Waals surface area (Å²) >= 11 is 6.37. The Hall–Kier alpha value is -4.83. The van der Waals surface area contributed by atoms with Crippen molar-refractivity contribution in [1.82, 2.24) is 19.5 Å². The van der Waals surface area contributed by atoms with Crippen molar-refractivity contribution in [2.45, 2.75) is 104 Å². The molecule has 0 saturated carbocycles. The molecule has 3 heterocycles. The number of azide groups is 1. The minimum atomic E-state index is -1.99. The third kappa shape index (κ3) is 8.96. The second-order valence-electron chi connectivity index (χ2n) is 14.1. The molecule has 18 heteroatoms. The van der Waals surface area contributed by atoms with Gasteiger partial charge in [0.2, 0.25) is 10.9 Å². The predicted octanol–water partition coefficient (Wildman–Crippen LogP) is 6.52. The van der Waals surface area contributed by atoms with Gasteiger partial charge in [0.15, 0.2) is 22.8 Å². The summed E-state index contributed by atoms with van der Waals surface area (Å²) in [4.78, 5) is 69.9. The number of carbonyl (C=O) groups excluding carboxylic acids is 4. The van der Waals surface area contributed by atoms with E-state index in [4.69, 9.17) is 35.3 Å². The van der Waals surface area contributed by atoms with Crippen molar-refractivity contribution in [3.05, 3.63) is 57.9 Å². The summed E-state index contributed by atoms with van der Waals surface area (Å²) in [5.41, 5.74) is 6.16. The van der Waals surface area contributed by atoms with Gasteiger partial charge in [-0.2, -0.15) is 14.9 Å². The number of benzene rings is 1. The first-order valence-electron chi connectivity index (χ1n) is 16.5. The molecule has 0 N–H and O–H groups in total. The number of ketones is 1. The van der Waals surface area contributed by atoms with Crippen molar-refractivity contribution in [2.75, 3.05) is 18.1 Å². The lowest BCUT2D eigenvalue weighted by Gasteiger charge is -2.31. The van der Waals surface area contributed by atoms with E-state index in [1.165, 1.54) is 17.8 Å². The van der Waals surface area contributed by atoms with E-state index in [9.17, 15) is 24.7 Å². The number of Topliss-reactive ketones (excluding diaryl/α,β-unsaturated/α-hetero) is 1. The lowest BCUT2D eigenvalue weighted by atomic mass is 9.90. The van der Waals surface area contributed by atoms with Gasteiger partial charge in [0, 0.05) is 11.3 Å². The first-order valence-corrected chi connectivity index (χ1v) is 16.9. The smallest absolute Gasteiger partial charge is 0.425 e. The number of halogens is 1. The predicted molar refractivity (Wildman–Crippen MR) is 187 cm³/mol. The van der Waals surface area contributed by atoms with Crippen LogP contribution in [0.2, 0.25) is 5.28 Å². The van der Waals surface area contributed by atoms with Crippen molar-refractivity contribution < 1.29 is 42.9 Å². The van der Waals surface area contributed by atoms with Gasteiger partial charge in [-0.3, -0.25) is 9.36 Å². The minimum absolute atomic E-state index is 0.0118. The highest BCUT2D eigenvalue weighted by Gasteiger charge is 2.50. The van der Waals surface area contributed by atoms with Crippen LogP contribution in [0.1, 0.15) is 74.1 Å². The monoisotopic (exact) mass is 742 g/mol. The maximum atomic E-state index is 13.4. The third-order valence-corrected chi connectivity index (χ3v) is 8.06. The number of imidazole rings is 1. The summed E-state index contributed by atoms with van der Waals surface area (Å²) in [6, 6.07) is 7.99. The number of anilines is 1. The van der Waals surface area contributed by atoms with Gasteiger partial charge in [0.05, 0.1) is 31.7 Å².